The Balaban J connectivity index is 2.03. The number of benzene rings is 2. The molecule has 0 radical (unpaired) electrons. The number of carbonyl (C=O) groups is 1. The highest BCUT2D eigenvalue weighted by Gasteiger charge is 2.26. The second-order valence-electron chi connectivity index (χ2n) is 7.04. The summed E-state index contributed by atoms with van der Waals surface area (Å²) < 4.78 is 54.4. The predicted molar refractivity (Wildman–Crippen MR) is 112 cm³/mol. The van der Waals surface area contributed by atoms with Gasteiger partial charge < -0.3 is 10.2 Å². The minimum Gasteiger partial charge on any atom is -0.371 e. The zero-order chi connectivity index (χ0) is 21.9. The molecule has 1 saturated heterocycles. The summed E-state index contributed by atoms with van der Waals surface area (Å²) in [7, 11) is -3.77. The lowest BCUT2D eigenvalue weighted by atomic mass is 10.1. The Morgan fingerprint density at radius 3 is 2.33 bits per heavy atom. The van der Waals surface area contributed by atoms with Gasteiger partial charge in [-0.2, -0.15) is 4.31 Å². The highest BCUT2D eigenvalue weighted by molar-refractivity contribution is 7.89. The van der Waals surface area contributed by atoms with Crippen molar-refractivity contribution >= 4 is 27.3 Å². The zero-order valence-electron chi connectivity index (χ0n) is 17.0. The van der Waals surface area contributed by atoms with Crippen molar-refractivity contribution in [1.29, 1.82) is 0 Å². The Labute approximate surface area is 175 Å². The molecular formula is C21H25F2N3O3S. The van der Waals surface area contributed by atoms with E-state index in [4.69, 9.17) is 0 Å². The average Bonchev–Trinajstić information content (AvgIpc) is 3.25. The molecule has 1 heterocycles. The van der Waals surface area contributed by atoms with Gasteiger partial charge in [0, 0.05) is 37.9 Å². The van der Waals surface area contributed by atoms with Gasteiger partial charge in [0.2, 0.25) is 10.0 Å². The molecule has 0 spiro atoms. The van der Waals surface area contributed by atoms with Gasteiger partial charge in [0.05, 0.1) is 16.1 Å². The first-order valence-corrected chi connectivity index (χ1v) is 11.4. The van der Waals surface area contributed by atoms with Crippen LogP contribution in [0, 0.1) is 11.6 Å². The van der Waals surface area contributed by atoms with E-state index >= 15 is 0 Å². The SMILES string of the molecule is CCN(CC)S(=O)(=O)c1ccc(N2CCCC2)c(C(=O)Nc2ccc(F)cc2F)c1. The Kier molecular flexibility index (Phi) is 6.72. The van der Waals surface area contributed by atoms with Crippen LogP contribution in [0.15, 0.2) is 41.3 Å². The molecule has 30 heavy (non-hydrogen) atoms. The average molecular weight is 438 g/mol. The molecule has 1 amide bonds. The fourth-order valence-electron chi connectivity index (χ4n) is 3.58. The highest BCUT2D eigenvalue weighted by Crippen LogP contribution is 2.29. The lowest BCUT2D eigenvalue weighted by Crippen LogP contribution is -2.31. The number of amides is 1. The Bertz CT molecular complexity index is 1030. The van der Waals surface area contributed by atoms with E-state index in [1.165, 1.54) is 16.4 Å². The maximum atomic E-state index is 14.0. The molecule has 2 aromatic rings. The molecule has 1 N–H and O–H groups in total. The van der Waals surface area contributed by atoms with E-state index in [1.54, 1.807) is 19.9 Å². The van der Waals surface area contributed by atoms with Crippen molar-refractivity contribution in [3.8, 4) is 0 Å². The van der Waals surface area contributed by atoms with Crippen LogP contribution in [0.2, 0.25) is 0 Å². The number of anilines is 2. The van der Waals surface area contributed by atoms with Crippen LogP contribution in [0.3, 0.4) is 0 Å². The molecule has 0 aliphatic carbocycles. The fourth-order valence-corrected chi connectivity index (χ4v) is 5.07. The second-order valence-corrected chi connectivity index (χ2v) is 8.98. The van der Waals surface area contributed by atoms with Crippen LogP contribution in [-0.2, 0) is 10.0 Å². The summed E-state index contributed by atoms with van der Waals surface area (Å²) in [5.74, 6) is -2.31. The number of sulfonamides is 1. The molecule has 3 rings (SSSR count). The highest BCUT2D eigenvalue weighted by atomic mass is 32.2. The molecule has 162 valence electrons. The predicted octanol–water partition coefficient (Wildman–Crippen LogP) is 3.85. The van der Waals surface area contributed by atoms with Gasteiger partial charge in [-0.15, -0.1) is 0 Å². The topological polar surface area (TPSA) is 69.7 Å². The van der Waals surface area contributed by atoms with E-state index < -0.39 is 27.6 Å². The molecular weight excluding hydrogens is 412 g/mol. The van der Waals surface area contributed by atoms with Crippen LogP contribution >= 0.6 is 0 Å². The maximum absolute atomic E-state index is 14.0. The van der Waals surface area contributed by atoms with Crippen LogP contribution in [-0.4, -0.2) is 44.8 Å². The molecule has 1 aliphatic rings. The number of hydrogen-bond acceptors (Lipinski definition) is 4. The van der Waals surface area contributed by atoms with Crippen LogP contribution in [0.1, 0.15) is 37.0 Å². The molecule has 1 aliphatic heterocycles. The van der Waals surface area contributed by atoms with Gasteiger partial charge in [-0.1, -0.05) is 13.8 Å². The fraction of sp³-hybridized carbons (Fsp3) is 0.381. The summed E-state index contributed by atoms with van der Waals surface area (Å²) in [6.07, 6.45) is 1.93. The Hall–Kier alpha value is -2.52. The molecule has 2 aromatic carbocycles. The minimum absolute atomic E-state index is 0.00104. The summed E-state index contributed by atoms with van der Waals surface area (Å²) in [5.41, 5.74) is 0.547. The van der Waals surface area contributed by atoms with Crippen molar-refractivity contribution in [2.24, 2.45) is 0 Å². The van der Waals surface area contributed by atoms with Gasteiger partial charge in [0.25, 0.3) is 5.91 Å². The molecule has 1 fully saturated rings. The normalized spacial score (nSPS) is 14.4. The molecule has 0 bridgehead atoms. The third-order valence-corrected chi connectivity index (χ3v) is 7.23. The van der Waals surface area contributed by atoms with E-state index in [1.807, 2.05) is 4.90 Å². The van der Waals surface area contributed by atoms with Gasteiger partial charge in [-0.05, 0) is 43.2 Å². The third-order valence-electron chi connectivity index (χ3n) is 5.18. The third kappa shape index (κ3) is 4.46. The number of halogens is 2. The van der Waals surface area contributed by atoms with Crippen LogP contribution < -0.4 is 10.2 Å². The van der Waals surface area contributed by atoms with Crippen molar-refractivity contribution < 1.29 is 22.0 Å². The van der Waals surface area contributed by atoms with E-state index in [-0.39, 0.29) is 16.1 Å². The summed E-state index contributed by atoms with van der Waals surface area (Å²) in [4.78, 5) is 15.0. The van der Waals surface area contributed by atoms with Gasteiger partial charge >= 0.3 is 0 Å². The number of nitrogens with zero attached hydrogens (tertiary/aromatic N) is 2. The molecule has 0 saturated carbocycles. The number of carbonyl (C=O) groups excluding carboxylic acids is 1. The molecule has 0 unspecified atom stereocenters. The number of hydrogen-bond donors (Lipinski definition) is 1. The molecule has 6 nitrogen and oxygen atoms in total. The van der Waals surface area contributed by atoms with Crippen molar-refractivity contribution in [2.45, 2.75) is 31.6 Å². The lowest BCUT2D eigenvalue weighted by molar-refractivity contribution is 0.102. The quantitative estimate of drug-likeness (QED) is 0.715. The molecule has 9 heteroatoms. The van der Waals surface area contributed by atoms with Gasteiger partial charge in [0.15, 0.2) is 0 Å². The lowest BCUT2D eigenvalue weighted by Gasteiger charge is -2.23. The maximum Gasteiger partial charge on any atom is 0.257 e. The first-order valence-electron chi connectivity index (χ1n) is 9.93. The first-order chi connectivity index (χ1) is 14.3. The van der Waals surface area contributed by atoms with Crippen molar-refractivity contribution in [3.63, 3.8) is 0 Å². The standard InChI is InChI=1S/C21H25F2N3O3S/c1-3-26(4-2)30(28,29)16-8-10-20(25-11-5-6-12-25)17(14-16)21(27)24-19-9-7-15(22)13-18(19)23/h7-10,13-14H,3-6,11-12H2,1-2H3,(H,24,27). The van der Waals surface area contributed by atoms with Crippen molar-refractivity contribution in [1.82, 2.24) is 4.31 Å². The minimum atomic E-state index is -3.77. The zero-order valence-corrected chi connectivity index (χ0v) is 17.8. The first kappa shape index (κ1) is 22.2. The van der Waals surface area contributed by atoms with Gasteiger partial charge in [-0.25, -0.2) is 17.2 Å². The smallest absolute Gasteiger partial charge is 0.257 e. The monoisotopic (exact) mass is 437 g/mol. The van der Waals surface area contributed by atoms with Crippen LogP contribution in [0.25, 0.3) is 0 Å². The largest absolute Gasteiger partial charge is 0.371 e. The van der Waals surface area contributed by atoms with E-state index in [0.29, 0.717) is 24.8 Å². The summed E-state index contributed by atoms with van der Waals surface area (Å²) in [6, 6.07) is 7.31. The van der Waals surface area contributed by atoms with Crippen LogP contribution in [0.4, 0.5) is 20.2 Å². The number of rotatable bonds is 7. The molecule has 0 atom stereocenters. The van der Waals surface area contributed by atoms with Crippen molar-refractivity contribution in [2.75, 3.05) is 36.4 Å². The Morgan fingerprint density at radius 1 is 1.07 bits per heavy atom. The molecule has 0 aromatic heterocycles. The summed E-state index contributed by atoms with van der Waals surface area (Å²) in [6.45, 7) is 5.57. The van der Waals surface area contributed by atoms with E-state index in [9.17, 15) is 22.0 Å². The van der Waals surface area contributed by atoms with Crippen LogP contribution in [0.5, 0.6) is 0 Å². The van der Waals surface area contributed by atoms with E-state index in [2.05, 4.69) is 5.32 Å². The summed E-state index contributed by atoms with van der Waals surface area (Å²) in [5, 5.41) is 2.44. The van der Waals surface area contributed by atoms with Gasteiger partial charge in [0.1, 0.15) is 11.6 Å². The van der Waals surface area contributed by atoms with Gasteiger partial charge in [-0.3, -0.25) is 4.79 Å². The second kappa shape index (κ2) is 9.09. The van der Waals surface area contributed by atoms with E-state index in [0.717, 1.165) is 38.1 Å². The van der Waals surface area contributed by atoms with Crippen molar-refractivity contribution in [3.05, 3.63) is 53.6 Å². The number of nitrogens with one attached hydrogen (secondary N) is 1. The Morgan fingerprint density at radius 2 is 1.73 bits per heavy atom. The summed E-state index contributed by atoms with van der Waals surface area (Å²) >= 11 is 0.